The van der Waals surface area contributed by atoms with E-state index in [1.54, 1.807) is 30.3 Å². The molecule has 5 nitrogen and oxygen atoms in total. The lowest BCUT2D eigenvalue weighted by Gasteiger charge is -2.09. The zero-order chi connectivity index (χ0) is 18.5. The van der Waals surface area contributed by atoms with Crippen molar-refractivity contribution in [2.75, 3.05) is 12.3 Å². The maximum Gasteiger partial charge on any atom is 0.243 e. The van der Waals surface area contributed by atoms with Gasteiger partial charge in [0.2, 0.25) is 10.0 Å². The average Bonchev–Trinajstić information content (AvgIpc) is 2.54. The second-order valence-electron chi connectivity index (χ2n) is 5.38. The second kappa shape index (κ2) is 8.27. The zero-order valence-electron chi connectivity index (χ0n) is 13.2. The Morgan fingerprint density at radius 1 is 0.960 bits per heavy atom. The lowest BCUT2D eigenvalue weighted by atomic mass is 10.2. The third-order valence-electron chi connectivity index (χ3n) is 3.36. The summed E-state index contributed by atoms with van der Waals surface area (Å²) in [5.41, 5.74) is 0.670. The smallest absolute Gasteiger partial charge is 0.228 e. The van der Waals surface area contributed by atoms with Crippen molar-refractivity contribution in [1.82, 2.24) is 4.72 Å². The maximum absolute atomic E-state index is 13.8. The van der Waals surface area contributed by atoms with Crippen LogP contribution in [-0.2, 0) is 25.6 Å². The van der Waals surface area contributed by atoms with E-state index in [2.05, 4.69) is 4.72 Å². The van der Waals surface area contributed by atoms with E-state index in [1.807, 2.05) is 0 Å². The molecule has 136 valence electrons. The molecule has 0 aliphatic rings. The summed E-state index contributed by atoms with van der Waals surface area (Å²) in [7, 11) is -7.46. The van der Waals surface area contributed by atoms with Crippen molar-refractivity contribution < 1.29 is 21.2 Å². The Bertz CT molecular complexity index is 932. The van der Waals surface area contributed by atoms with Crippen molar-refractivity contribution in [3.63, 3.8) is 0 Å². The number of rotatable bonds is 8. The number of hydrogen-bond donors (Lipinski definition) is 1. The normalized spacial score (nSPS) is 12.2. The van der Waals surface area contributed by atoms with Crippen LogP contribution in [0, 0.1) is 5.82 Å². The fraction of sp³-hybridized carbons (Fsp3) is 0.250. The highest BCUT2D eigenvalue weighted by Crippen LogP contribution is 2.21. The van der Waals surface area contributed by atoms with Gasteiger partial charge >= 0.3 is 0 Å². The molecule has 9 heteroatoms. The van der Waals surface area contributed by atoms with Gasteiger partial charge in [0, 0.05) is 6.54 Å². The van der Waals surface area contributed by atoms with Crippen LogP contribution < -0.4 is 4.72 Å². The Hall–Kier alpha value is -1.48. The molecule has 0 aliphatic carbocycles. The summed E-state index contributed by atoms with van der Waals surface area (Å²) in [6, 6.07) is 12.4. The van der Waals surface area contributed by atoms with Crippen LogP contribution in [0.2, 0.25) is 5.02 Å². The highest BCUT2D eigenvalue weighted by atomic mass is 35.5. The first kappa shape index (κ1) is 19.8. The summed E-state index contributed by atoms with van der Waals surface area (Å²) in [5, 5.41) is -0.298. The van der Waals surface area contributed by atoms with E-state index in [1.165, 1.54) is 12.1 Å². The Labute approximate surface area is 151 Å². The molecule has 1 N–H and O–H groups in total. The van der Waals surface area contributed by atoms with Gasteiger partial charge < -0.3 is 0 Å². The molecule has 2 aromatic carbocycles. The van der Waals surface area contributed by atoms with Gasteiger partial charge in [-0.25, -0.2) is 25.9 Å². The molecule has 2 rings (SSSR count). The topological polar surface area (TPSA) is 80.3 Å². The standard InChI is InChI=1S/C16H17ClFNO4S2/c17-14-8-4-9-15(16(14)18)25(22,23)19-10-5-11-24(20,21)12-13-6-2-1-3-7-13/h1-4,6-9,19H,5,10-12H2. The van der Waals surface area contributed by atoms with Crippen molar-refractivity contribution in [2.45, 2.75) is 17.1 Å². The summed E-state index contributed by atoms with van der Waals surface area (Å²) in [6.45, 7) is -0.123. The minimum absolute atomic E-state index is 0.0799. The largest absolute Gasteiger partial charge is 0.243 e. The first-order valence-corrected chi connectivity index (χ1v) is 11.1. The van der Waals surface area contributed by atoms with Gasteiger partial charge in [0.25, 0.3) is 0 Å². The quantitative estimate of drug-likeness (QED) is 0.685. The first-order valence-electron chi connectivity index (χ1n) is 7.39. The number of halogens is 2. The molecule has 0 fully saturated rings. The van der Waals surface area contributed by atoms with Gasteiger partial charge in [0.05, 0.1) is 16.5 Å². The van der Waals surface area contributed by atoms with Crippen molar-refractivity contribution in [2.24, 2.45) is 0 Å². The van der Waals surface area contributed by atoms with E-state index >= 15 is 0 Å². The van der Waals surface area contributed by atoms with Crippen LogP contribution >= 0.6 is 11.6 Å². The minimum atomic E-state index is -4.09. The summed E-state index contributed by atoms with van der Waals surface area (Å²) >= 11 is 5.57. The van der Waals surface area contributed by atoms with Crippen LogP contribution in [0.4, 0.5) is 4.39 Å². The minimum Gasteiger partial charge on any atom is -0.228 e. The van der Waals surface area contributed by atoms with Crippen LogP contribution in [0.25, 0.3) is 0 Å². The molecule has 0 saturated carbocycles. The van der Waals surface area contributed by atoms with Crippen molar-refractivity contribution >= 4 is 31.5 Å². The van der Waals surface area contributed by atoms with E-state index in [0.717, 1.165) is 6.07 Å². The lowest BCUT2D eigenvalue weighted by molar-refractivity contribution is 0.555. The fourth-order valence-corrected chi connectivity index (χ4v) is 5.00. The van der Waals surface area contributed by atoms with Crippen LogP contribution in [0.1, 0.15) is 12.0 Å². The number of benzene rings is 2. The van der Waals surface area contributed by atoms with Crippen molar-refractivity contribution in [3.05, 3.63) is 64.9 Å². The summed E-state index contributed by atoms with van der Waals surface area (Å²) in [4.78, 5) is -0.563. The molecule has 0 radical (unpaired) electrons. The second-order valence-corrected chi connectivity index (χ2v) is 9.71. The van der Waals surface area contributed by atoms with Crippen LogP contribution in [0.3, 0.4) is 0 Å². The molecule has 0 heterocycles. The molecule has 0 bridgehead atoms. The molecular formula is C16H17ClFNO4S2. The predicted molar refractivity (Wildman–Crippen MR) is 95.1 cm³/mol. The molecule has 0 unspecified atom stereocenters. The summed E-state index contributed by atoms with van der Waals surface area (Å²) < 4.78 is 64.2. The van der Waals surface area contributed by atoms with Gasteiger partial charge in [-0.05, 0) is 24.1 Å². The zero-order valence-corrected chi connectivity index (χ0v) is 15.5. The van der Waals surface area contributed by atoms with E-state index in [-0.39, 0.29) is 29.5 Å². The number of sulfone groups is 1. The highest BCUT2D eigenvalue weighted by molar-refractivity contribution is 7.90. The van der Waals surface area contributed by atoms with Crippen LogP contribution in [0.15, 0.2) is 53.4 Å². The van der Waals surface area contributed by atoms with Gasteiger partial charge in [-0.15, -0.1) is 0 Å². The Morgan fingerprint density at radius 3 is 2.32 bits per heavy atom. The maximum atomic E-state index is 13.8. The summed E-state index contributed by atoms with van der Waals surface area (Å²) in [6.07, 6.45) is 0.0799. The summed E-state index contributed by atoms with van der Waals surface area (Å²) in [5.74, 6) is -1.32. The number of nitrogens with one attached hydrogen (secondary N) is 1. The molecule has 0 spiro atoms. The van der Waals surface area contributed by atoms with Gasteiger partial charge in [-0.3, -0.25) is 0 Å². The van der Waals surface area contributed by atoms with Crippen LogP contribution in [0.5, 0.6) is 0 Å². The first-order chi connectivity index (χ1) is 11.7. The van der Waals surface area contributed by atoms with Crippen molar-refractivity contribution in [3.8, 4) is 0 Å². The van der Waals surface area contributed by atoms with E-state index < -0.39 is 30.6 Å². The van der Waals surface area contributed by atoms with Gasteiger partial charge in [0.15, 0.2) is 15.7 Å². The molecule has 2 aromatic rings. The third-order valence-corrected chi connectivity index (χ3v) is 6.81. The Kier molecular flexibility index (Phi) is 6.56. The third kappa shape index (κ3) is 5.78. The molecule has 0 amide bonds. The molecule has 25 heavy (non-hydrogen) atoms. The lowest BCUT2D eigenvalue weighted by Crippen LogP contribution is -2.27. The predicted octanol–water partition coefficient (Wildman–Crippen LogP) is 2.76. The average molecular weight is 406 g/mol. The monoisotopic (exact) mass is 405 g/mol. The molecule has 0 saturated heterocycles. The van der Waals surface area contributed by atoms with Crippen molar-refractivity contribution in [1.29, 1.82) is 0 Å². The highest BCUT2D eigenvalue weighted by Gasteiger charge is 2.20. The Balaban J connectivity index is 1.91. The molecule has 0 aliphatic heterocycles. The SMILES string of the molecule is O=S(=O)(CCCNS(=O)(=O)c1cccc(Cl)c1F)Cc1ccccc1. The van der Waals surface area contributed by atoms with E-state index in [9.17, 15) is 21.2 Å². The van der Waals surface area contributed by atoms with E-state index in [4.69, 9.17) is 11.6 Å². The Morgan fingerprint density at radius 2 is 1.64 bits per heavy atom. The number of sulfonamides is 1. The number of hydrogen-bond acceptors (Lipinski definition) is 4. The van der Waals surface area contributed by atoms with Gasteiger partial charge in [0.1, 0.15) is 4.90 Å². The van der Waals surface area contributed by atoms with Crippen LogP contribution in [-0.4, -0.2) is 29.1 Å². The van der Waals surface area contributed by atoms with E-state index in [0.29, 0.717) is 5.56 Å². The molecular weight excluding hydrogens is 389 g/mol. The fourth-order valence-electron chi connectivity index (χ4n) is 2.17. The molecule has 0 atom stereocenters. The molecule has 0 aromatic heterocycles. The van der Waals surface area contributed by atoms with Gasteiger partial charge in [-0.1, -0.05) is 48.0 Å². The van der Waals surface area contributed by atoms with Gasteiger partial charge in [-0.2, -0.15) is 0 Å².